The molecule has 2 N–H and O–H groups in total. The van der Waals surface area contributed by atoms with E-state index in [1.54, 1.807) is 18.2 Å². The number of anilines is 3. The smallest absolute Gasteiger partial charge is 0.353 e. The molecule has 0 saturated heterocycles. The first-order valence-electron chi connectivity index (χ1n) is 6.41. The van der Waals surface area contributed by atoms with Gasteiger partial charge in [-0.15, -0.1) is 11.3 Å². The fourth-order valence-corrected chi connectivity index (χ4v) is 3.49. The lowest BCUT2D eigenvalue weighted by Gasteiger charge is -2.11. The van der Waals surface area contributed by atoms with Crippen LogP contribution in [0.3, 0.4) is 0 Å². The van der Waals surface area contributed by atoms with Crippen molar-refractivity contribution in [3.05, 3.63) is 53.1 Å². The van der Waals surface area contributed by atoms with E-state index < -0.39 is 11.7 Å². The maximum Gasteiger partial charge on any atom is 0.416 e. The van der Waals surface area contributed by atoms with E-state index in [9.17, 15) is 13.2 Å². The highest BCUT2D eigenvalue weighted by atomic mass is 35.5. The largest absolute Gasteiger partial charge is 0.416 e. The van der Waals surface area contributed by atoms with Gasteiger partial charge in [-0.1, -0.05) is 17.7 Å². The van der Waals surface area contributed by atoms with Crippen LogP contribution in [0.1, 0.15) is 5.56 Å². The van der Waals surface area contributed by atoms with Gasteiger partial charge in [0.2, 0.25) is 0 Å². The van der Waals surface area contributed by atoms with Crippen LogP contribution in [0.4, 0.5) is 29.5 Å². The normalized spacial score (nSPS) is 11.7. The average molecular weight is 377 g/mol. The quantitative estimate of drug-likeness (QED) is 0.486. The van der Waals surface area contributed by atoms with Gasteiger partial charge in [-0.2, -0.15) is 13.2 Å². The molecule has 0 atom stereocenters. The van der Waals surface area contributed by atoms with E-state index in [0.717, 1.165) is 22.2 Å². The fraction of sp³-hybridized carbons (Fsp3) is 0.0667. The van der Waals surface area contributed by atoms with E-state index in [4.69, 9.17) is 23.4 Å². The number of hydrogen-bond donors (Lipinski definition) is 2. The first-order valence-corrected chi connectivity index (χ1v) is 7.98. The van der Waals surface area contributed by atoms with Gasteiger partial charge < -0.3 is 5.32 Å². The Morgan fingerprint density at radius 3 is 2.52 bits per heavy atom. The highest BCUT2D eigenvalue weighted by Gasteiger charge is 2.30. The topological polar surface area (TPSA) is 24.1 Å². The molecule has 0 spiro atoms. The van der Waals surface area contributed by atoms with Crippen molar-refractivity contribution in [1.29, 1.82) is 0 Å². The zero-order chi connectivity index (χ0) is 16.6. The Morgan fingerprint density at radius 2 is 1.83 bits per heavy atom. The minimum absolute atomic E-state index is 0.313. The summed E-state index contributed by atoms with van der Waals surface area (Å²) in [5.74, 6) is 0. The van der Waals surface area contributed by atoms with Gasteiger partial charge in [0.15, 0.2) is 0 Å². The number of nitrogens with one attached hydrogen (secondary N) is 2. The van der Waals surface area contributed by atoms with Gasteiger partial charge in [-0.3, -0.25) is 4.84 Å². The van der Waals surface area contributed by atoms with Crippen LogP contribution >= 0.6 is 34.7 Å². The molecule has 0 fully saturated rings. The molecular formula is C15H9Cl2F3N2S. The number of rotatable bonds is 3. The number of halogens is 5. The molecule has 0 unspecified atom stereocenters. The van der Waals surface area contributed by atoms with Gasteiger partial charge in [-0.25, -0.2) is 0 Å². The van der Waals surface area contributed by atoms with Crippen LogP contribution in [0.15, 0.2) is 42.5 Å². The van der Waals surface area contributed by atoms with Gasteiger partial charge in [0.1, 0.15) is 5.00 Å². The van der Waals surface area contributed by atoms with E-state index in [-0.39, 0.29) is 0 Å². The summed E-state index contributed by atoms with van der Waals surface area (Å²) < 4.78 is 39.4. The maximum absolute atomic E-state index is 12.8. The summed E-state index contributed by atoms with van der Waals surface area (Å²) >= 11 is 13.1. The van der Waals surface area contributed by atoms with Crippen molar-refractivity contribution in [3.8, 4) is 0 Å². The molecule has 1 aromatic heterocycles. The second-order valence-electron chi connectivity index (χ2n) is 4.74. The molecular weight excluding hydrogens is 368 g/mol. The molecule has 0 radical (unpaired) electrons. The molecule has 2 aromatic carbocycles. The van der Waals surface area contributed by atoms with Crippen LogP contribution < -0.4 is 10.2 Å². The third-order valence-corrected chi connectivity index (χ3v) is 4.82. The molecule has 0 aliphatic heterocycles. The Hall–Kier alpha value is -1.63. The second kappa shape index (κ2) is 6.11. The lowest BCUT2D eigenvalue weighted by atomic mass is 10.2. The van der Waals surface area contributed by atoms with Crippen LogP contribution in [-0.4, -0.2) is 0 Å². The highest BCUT2D eigenvalue weighted by Crippen LogP contribution is 2.43. The first kappa shape index (κ1) is 16.2. The molecule has 120 valence electrons. The second-order valence-corrected chi connectivity index (χ2v) is 6.42. The summed E-state index contributed by atoms with van der Waals surface area (Å²) in [5, 5.41) is 4.90. The molecule has 3 aromatic rings. The number of thiophene rings is 1. The zero-order valence-electron chi connectivity index (χ0n) is 11.3. The standard InChI is InChI=1S/C15H9Cl2F3N2S/c16-9-4-5-12-11(7-9)13(14(22-17)23-12)21-10-3-1-2-8(6-10)15(18,19)20/h1-7,21-22H. The average Bonchev–Trinajstić information content (AvgIpc) is 2.84. The lowest BCUT2D eigenvalue weighted by molar-refractivity contribution is -0.137. The van der Waals surface area contributed by atoms with E-state index in [0.29, 0.717) is 21.4 Å². The molecule has 1 heterocycles. The summed E-state index contributed by atoms with van der Waals surface area (Å²) in [7, 11) is 0. The van der Waals surface area contributed by atoms with Crippen LogP contribution in [0.2, 0.25) is 5.02 Å². The number of alkyl halides is 3. The van der Waals surface area contributed by atoms with E-state index >= 15 is 0 Å². The number of hydrogen-bond acceptors (Lipinski definition) is 3. The minimum atomic E-state index is -4.40. The molecule has 0 saturated carbocycles. The Balaban J connectivity index is 2.06. The van der Waals surface area contributed by atoms with Crippen molar-refractivity contribution in [1.82, 2.24) is 0 Å². The summed E-state index contributed by atoms with van der Waals surface area (Å²) in [6.45, 7) is 0. The van der Waals surface area contributed by atoms with E-state index in [2.05, 4.69) is 10.2 Å². The summed E-state index contributed by atoms with van der Waals surface area (Å²) in [6.07, 6.45) is -4.40. The molecule has 0 aliphatic rings. The summed E-state index contributed by atoms with van der Waals surface area (Å²) in [6, 6.07) is 10.3. The molecule has 0 amide bonds. The highest BCUT2D eigenvalue weighted by molar-refractivity contribution is 7.24. The van der Waals surface area contributed by atoms with E-state index in [1.165, 1.54) is 17.4 Å². The molecule has 3 rings (SSSR count). The van der Waals surface area contributed by atoms with Crippen molar-refractivity contribution in [3.63, 3.8) is 0 Å². The van der Waals surface area contributed by atoms with Crippen molar-refractivity contribution in [2.75, 3.05) is 10.2 Å². The van der Waals surface area contributed by atoms with Gasteiger partial charge in [0.25, 0.3) is 0 Å². The Kier molecular flexibility index (Phi) is 4.31. The fourth-order valence-electron chi connectivity index (χ4n) is 2.18. The third kappa shape index (κ3) is 3.34. The number of benzene rings is 2. The lowest BCUT2D eigenvalue weighted by Crippen LogP contribution is -2.05. The van der Waals surface area contributed by atoms with E-state index in [1.807, 2.05) is 6.07 Å². The predicted molar refractivity (Wildman–Crippen MR) is 91.0 cm³/mol. The Morgan fingerprint density at radius 1 is 1.04 bits per heavy atom. The maximum atomic E-state index is 12.8. The zero-order valence-corrected chi connectivity index (χ0v) is 13.7. The van der Waals surface area contributed by atoms with Gasteiger partial charge in [0.05, 0.1) is 11.3 Å². The molecule has 23 heavy (non-hydrogen) atoms. The van der Waals surface area contributed by atoms with Crippen molar-refractivity contribution in [2.45, 2.75) is 6.18 Å². The third-order valence-electron chi connectivity index (χ3n) is 3.20. The van der Waals surface area contributed by atoms with Crippen LogP contribution in [0, 0.1) is 0 Å². The van der Waals surface area contributed by atoms with Crippen LogP contribution in [-0.2, 0) is 6.18 Å². The molecule has 0 aliphatic carbocycles. The predicted octanol–water partition coefficient (Wildman–Crippen LogP) is 6.88. The number of fused-ring (bicyclic) bond motifs is 1. The molecule has 8 heteroatoms. The summed E-state index contributed by atoms with van der Waals surface area (Å²) in [4.78, 5) is 2.53. The molecule has 2 nitrogen and oxygen atoms in total. The van der Waals surface area contributed by atoms with Crippen LogP contribution in [0.25, 0.3) is 10.1 Å². The van der Waals surface area contributed by atoms with Gasteiger partial charge in [0, 0.05) is 32.6 Å². The SMILES string of the molecule is FC(F)(F)c1cccc(Nc2c(NCl)sc3ccc(Cl)cc23)c1. The Bertz CT molecular complexity index is 862. The van der Waals surface area contributed by atoms with Gasteiger partial charge >= 0.3 is 6.18 Å². The van der Waals surface area contributed by atoms with Gasteiger partial charge in [-0.05, 0) is 36.4 Å². The first-order chi connectivity index (χ1) is 10.9. The monoisotopic (exact) mass is 376 g/mol. The van der Waals surface area contributed by atoms with Crippen molar-refractivity contribution in [2.24, 2.45) is 0 Å². The van der Waals surface area contributed by atoms with Crippen molar-refractivity contribution < 1.29 is 13.2 Å². The van der Waals surface area contributed by atoms with Crippen molar-refractivity contribution >= 4 is 61.2 Å². The Labute approximate surface area is 143 Å². The van der Waals surface area contributed by atoms with Crippen LogP contribution in [0.5, 0.6) is 0 Å². The molecule has 0 bridgehead atoms. The summed E-state index contributed by atoms with van der Waals surface area (Å²) in [5.41, 5.74) is 0.176. The minimum Gasteiger partial charge on any atom is -0.353 e.